The fourth-order valence-electron chi connectivity index (χ4n) is 3.31. The van der Waals surface area contributed by atoms with E-state index in [1.54, 1.807) is 17.1 Å². The lowest BCUT2D eigenvalue weighted by Crippen LogP contribution is -2.31. The van der Waals surface area contributed by atoms with Gasteiger partial charge in [-0.05, 0) is 44.1 Å². The zero-order valence-corrected chi connectivity index (χ0v) is 14.6. The summed E-state index contributed by atoms with van der Waals surface area (Å²) in [7, 11) is 1.52. The average Bonchev–Trinajstić information content (AvgIpc) is 3.19. The van der Waals surface area contributed by atoms with Crippen molar-refractivity contribution < 1.29 is 4.74 Å². The number of methoxy groups -OCH3 is 1. The monoisotopic (exact) mass is 351 g/mol. The molecule has 1 aliphatic heterocycles. The first-order valence-electron chi connectivity index (χ1n) is 8.76. The van der Waals surface area contributed by atoms with Gasteiger partial charge in [0.15, 0.2) is 11.4 Å². The molecule has 0 unspecified atom stereocenters. The smallest absolute Gasteiger partial charge is 0.251 e. The van der Waals surface area contributed by atoms with Gasteiger partial charge in [-0.15, -0.1) is 0 Å². The lowest BCUT2D eigenvalue weighted by atomic mass is 10.1. The summed E-state index contributed by atoms with van der Waals surface area (Å²) in [6.07, 6.45) is 5.33. The van der Waals surface area contributed by atoms with Crippen molar-refractivity contribution in [3.05, 3.63) is 59.0 Å². The zero-order valence-electron chi connectivity index (χ0n) is 14.6. The number of ether oxygens (including phenoxy) is 1. The summed E-state index contributed by atoms with van der Waals surface area (Å²) < 4.78 is 8.95. The average molecular weight is 351 g/mol. The number of aromatic nitrogens is 4. The number of para-hydroxylation sites is 1. The first kappa shape index (κ1) is 16.5. The number of hydrogen-bond acceptors (Lipinski definition) is 5. The predicted molar refractivity (Wildman–Crippen MR) is 98.7 cm³/mol. The minimum absolute atomic E-state index is 0.227. The van der Waals surface area contributed by atoms with E-state index in [0.29, 0.717) is 17.1 Å². The molecule has 1 aliphatic rings. The van der Waals surface area contributed by atoms with Gasteiger partial charge in [0.1, 0.15) is 0 Å². The Kier molecular flexibility index (Phi) is 4.53. The maximum atomic E-state index is 12.9. The van der Waals surface area contributed by atoms with E-state index in [1.165, 1.54) is 7.11 Å². The van der Waals surface area contributed by atoms with E-state index >= 15 is 0 Å². The van der Waals surface area contributed by atoms with Gasteiger partial charge in [0, 0.05) is 0 Å². The molecular formula is C19H21N5O2. The highest BCUT2D eigenvalue weighted by molar-refractivity contribution is 5.58. The molecular weight excluding hydrogens is 330 g/mol. The summed E-state index contributed by atoms with van der Waals surface area (Å²) in [5.74, 6) is 0.300. The van der Waals surface area contributed by atoms with Gasteiger partial charge < -0.3 is 10.1 Å². The van der Waals surface area contributed by atoms with Gasteiger partial charge in [0.2, 0.25) is 0 Å². The van der Waals surface area contributed by atoms with E-state index in [1.807, 2.05) is 41.1 Å². The third-order valence-electron chi connectivity index (χ3n) is 4.69. The SMILES string of the molecule is COc1cn(C2CCNCC2)nc(-c2ccnn2-c2ccccc2)c1=O. The minimum Gasteiger partial charge on any atom is -0.491 e. The van der Waals surface area contributed by atoms with E-state index in [2.05, 4.69) is 15.5 Å². The van der Waals surface area contributed by atoms with E-state index in [9.17, 15) is 4.79 Å². The predicted octanol–water partition coefficient (Wildman–Crippen LogP) is 2.03. The molecule has 1 saturated heterocycles. The van der Waals surface area contributed by atoms with Gasteiger partial charge in [0.05, 0.1) is 36.9 Å². The largest absolute Gasteiger partial charge is 0.491 e. The number of nitrogens with one attached hydrogen (secondary N) is 1. The Bertz CT molecular complexity index is 942. The van der Waals surface area contributed by atoms with Gasteiger partial charge in [-0.1, -0.05) is 18.2 Å². The first-order valence-corrected chi connectivity index (χ1v) is 8.76. The lowest BCUT2D eigenvalue weighted by molar-refractivity contribution is 0.328. The van der Waals surface area contributed by atoms with Crippen LogP contribution in [-0.2, 0) is 0 Å². The molecule has 1 aromatic carbocycles. The Morgan fingerprint density at radius 1 is 1.15 bits per heavy atom. The van der Waals surface area contributed by atoms with Crippen molar-refractivity contribution in [3.63, 3.8) is 0 Å². The van der Waals surface area contributed by atoms with Crippen molar-refractivity contribution in [3.8, 4) is 22.8 Å². The van der Waals surface area contributed by atoms with Crippen molar-refractivity contribution in [2.75, 3.05) is 20.2 Å². The summed E-state index contributed by atoms with van der Waals surface area (Å²) in [5.41, 5.74) is 1.66. The van der Waals surface area contributed by atoms with Crippen LogP contribution in [0.1, 0.15) is 18.9 Å². The first-order chi connectivity index (χ1) is 12.8. The maximum absolute atomic E-state index is 12.9. The maximum Gasteiger partial charge on any atom is 0.251 e. The molecule has 0 amide bonds. The van der Waals surface area contributed by atoms with E-state index in [0.717, 1.165) is 31.6 Å². The Morgan fingerprint density at radius 2 is 1.92 bits per heavy atom. The molecule has 0 bridgehead atoms. The Morgan fingerprint density at radius 3 is 2.65 bits per heavy atom. The van der Waals surface area contributed by atoms with Crippen LogP contribution in [0.4, 0.5) is 0 Å². The van der Waals surface area contributed by atoms with Crippen LogP contribution >= 0.6 is 0 Å². The highest BCUT2D eigenvalue weighted by atomic mass is 16.5. The molecule has 7 heteroatoms. The number of rotatable bonds is 4. The Labute approximate surface area is 151 Å². The second kappa shape index (κ2) is 7.13. The highest BCUT2D eigenvalue weighted by Crippen LogP contribution is 2.23. The normalized spacial score (nSPS) is 15.1. The molecule has 26 heavy (non-hydrogen) atoms. The number of nitrogens with zero attached hydrogens (tertiary/aromatic N) is 4. The highest BCUT2D eigenvalue weighted by Gasteiger charge is 2.21. The molecule has 4 rings (SSSR count). The minimum atomic E-state index is -0.227. The third-order valence-corrected chi connectivity index (χ3v) is 4.69. The van der Waals surface area contributed by atoms with Crippen LogP contribution in [0.2, 0.25) is 0 Å². The molecule has 134 valence electrons. The zero-order chi connectivity index (χ0) is 17.9. The summed E-state index contributed by atoms with van der Waals surface area (Å²) >= 11 is 0. The molecule has 3 heterocycles. The van der Waals surface area contributed by atoms with Crippen molar-refractivity contribution >= 4 is 0 Å². The van der Waals surface area contributed by atoms with Crippen LogP contribution in [0, 0.1) is 0 Å². The summed E-state index contributed by atoms with van der Waals surface area (Å²) in [4.78, 5) is 12.9. The van der Waals surface area contributed by atoms with Crippen molar-refractivity contribution in [1.29, 1.82) is 0 Å². The molecule has 0 spiro atoms. The van der Waals surface area contributed by atoms with Gasteiger partial charge in [0.25, 0.3) is 5.43 Å². The second-order valence-corrected chi connectivity index (χ2v) is 6.30. The van der Waals surface area contributed by atoms with E-state index in [-0.39, 0.29) is 11.5 Å². The number of hydrogen-bond donors (Lipinski definition) is 1. The summed E-state index contributed by atoms with van der Waals surface area (Å²) in [5, 5.41) is 12.4. The molecule has 3 aromatic rings. The van der Waals surface area contributed by atoms with Crippen molar-refractivity contribution in [1.82, 2.24) is 24.9 Å². The van der Waals surface area contributed by atoms with Gasteiger partial charge >= 0.3 is 0 Å². The fraction of sp³-hybridized carbons (Fsp3) is 0.316. The fourth-order valence-corrected chi connectivity index (χ4v) is 3.31. The summed E-state index contributed by atoms with van der Waals surface area (Å²) in [6.45, 7) is 1.89. The number of benzene rings is 1. The quantitative estimate of drug-likeness (QED) is 0.778. The third kappa shape index (κ3) is 3.01. The molecule has 2 aromatic heterocycles. The van der Waals surface area contributed by atoms with Crippen LogP contribution in [0.3, 0.4) is 0 Å². The Hall–Kier alpha value is -2.93. The van der Waals surface area contributed by atoms with Crippen LogP contribution in [-0.4, -0.2) is 39.8 Å². The van der Waals surface area contributed by atoms with Crippen LogP contribution < -0.4 is 15.5 Å². The molecule has 1 N–H and O–H groups in total. The van der Waals surface area contributed by atoms with Gasteiger partial charge in [-0.2, -0.15) is 10.2 Å². The van der Waals surface area contributed by atoms with E-state index < -0.39 is 0 Å². The van der Waals surface area contributed by atoms with Gasteiger partial charge in [-0.3, -0.25) is 9.48 Å². The number of piperidine rings is 1. The molecule has 7 nitrogen and oxygen atoms in total. The van der Waals surface area contributed by atoms with Crippen LogP contribution in [0.25, 0.3) is 17.1 Å². The molecule has 1 fully saturated rings. The second-order valence-electron chi connectivity index (χ2n) is 6.30. The lowest BCUT2D eigenvalue weighted by Gasteiger charge is -2.25. The van der Waals surface area contributed by atoms with E-state index in [4.69, 9.17) is 4.74 Å². The Balaban J connectivity index is 1.84. The van der Waals surface area contributed by atoms with Crippen molar-refractivity contribution in [2.45, 2.75) is 18.9 Å². The topological polar surface area (TPSA) is 74.0 Å². The molecule has 0 radical (unpaired) electrons. The summed E-state index contributed by atoms with van der Waals surface area (Å²) in [6, 6.07) is 11.8. The van der Waals surface area contributed by atoms with Crippen LogP contribution in [0.5, 0.6) is 5.75 Å². The van der Waals surface area contributed by atoms with Crippen LogP contribution in [0.15, 0.2) is 53.6 Å². The standard InChI is InChI=1S/C19H21N5O2/c1-26-17-13-23(14-7-10-20-11-8-14)22-18(19(17)25)16-9-12-21-24(16)15-5-3-2-4-6-15/h2-6,9,12-14,20H,7-8,10-11H2,1H3. The van der Waals surface area contributed by atoms with Gasteiger partial charge in [-0.25, -0.2) is 4.68 Å². The molecule has 0 aliphatic carbocycles. The molecule has 0 atom stereocenters. The van der Waals surface area contributed by atoms with Crippen molar-refractivity contribution in [2.24, 2.45) is 0 Å². The molecule has 0 saturated carbocycles.